The number of nitrogens with zero attached hydrogens (tertiary/aromatic N) is 3. The average molecular weight is 334 g/mol. The van der Waals surface area contributed by atoms with Crippen LogP contribution in [0.15, 0.2) is 6.07 Å². The molecule has 0 radical (unpaired) electrons. The lowest BCUT2D eigenvalue weighted by Gasteiger charge is -2.46. The highest BCUT2D eigenvalue weighted by Gasteiger charge is 2.50. The molecule has 2 amide bonds. The molecule has 3 rings (SSSR count). The highest BCUT2D eigenvalue weighted by molar-refractivity contribution is 5.86. The van der Waals surface area contributed by atoms with Crippen LogP contribution < -0.4 is 5.32 Å². The van der Waals surface area contributed by atoms with Gasteiger partial charge in [-0.2, -0.15) is 5.10 Å². The van der Waals surface area contributed by atoms with E-state index in [0.29, 0.717) is 45.4 Å². The predicted octanol–water partition coefficient (Wildman–Crippen LogP) is 0.380. The maximum atomic E-state index is 12.6. The Kier molecular flexibility index (Phi) is 4.62. The van der Waals surface area contributed by atoms with Gasteiger partial charge in [0.15, 0.2) is 0 Å². The summed E-state index contributed by atoms with van der Waals surface area (Å²) in [5.74, 6) is -0.0931. The van der Waals surface area contributed by atoms with E-state index in [1.807, 2.05) is 24.6 Å². The van der Waals surface area contributed by atoms with E-state index in [2.05, 4.69) is 10.4 Å². The van der Waals surface area contributed by atoms with E-state index in [-0.39, 0.29) is 11.8 Å². The van der Waals surface area contributed by atoms with E-state index in [9.17, 15) is 14.7 Å². The molecule has 2 aliphatic rings. The van der Waals surface area contributed by atoms with Crippen LogP contribution in [-0.4, -0.2) is 57.3 Å². The molecule has 7 heteroatoms. The van der Waals surface area contributed by atoms with Crippen molar-refractivity contribution in [1.82, 2.24) is 20.0 Å². The van der Waals surface area contributed by atoms with Gasteiger partial charge in [-0.3, -0.25) is 14.3 Å². The summed E-state index contributed by atoms with van der Waals surface area (Å²) in [7, 11) is 0. The molecule has 1 aromatic heterocycles. The maximum Gasteiger partial charge on any atom is 0.230 e. The monoisotopic (exact) mass is 334 g/mol. The van der Waals surface area contributed by atoms with E-state index >= 15 is 0 Å². The van der Waals surface area contributed by atoms with Crippen molar-refractivity contribution < 1.29 is 14.7 Å². The van der Waals surface area contributed by atoms with Gasteiger partial charge in [-0.15, -0.1) is 0 Å². The summed E-state index contributed by atoms with van der Waals surface area (Å²) in [6.07, 6.45) is 1.63. The predicted molar refractivity (Wildman–Crippen MR) is 88.2 cm³/mol. The van der Waals surface area contributed by atoms with Crippen LogP contribution in [0.3, 0.4) is 0 Å². The fourth-order valence-electron chi connectivity index (χ4n) is 3.92. The topological polar surface area (TPSA) is 87.5 Å². The van der Waals surface area contributed by atoms with Crippen molar-refractivity contribution in [2.45, 2.75) is 52.2 Å². The first-order valence-electron chi connectivity index (χ1n) is 8.67. The van der Waals surface area contributed by atoms with Crippen LogP contribution in [0.25, 0.3) is 0 Å². The van der Waals surface area contributed by atoms with Crippen molar-refractivity contribution in [3.63, 3.8) is 0 Å². The number of nitrogens with one attached hydrogen (secondary N) is 1. The van der Waals surface area contributed by atoms with Gasteiger partial charge >= 0.3 is 0 Å². The number of carbonyl (C=O) groups is 2. The fraction of sp³-hybridized carbons (Fsp3) is 0.706. The number of amides is 2. The van der Waals surface area contributed by atoms with Crippen molar-refractivity contribution in [3.8, 4) is 0 Å². The Hall–Kier alpha value is -1.89. The Balaban J connectivity index is 1.65. The molecular formula is C17H26N4O3. The van der Waals surface area contributed by atoms with Gasteiger partial charge in [0.2, 0.25) is 11.8 Å². The molecule has 132 valence electrons. The third-order valence-corrected chi connectivity index (χ3v) is 5.31. The van der Waals surface area contributed by atoms with Crippen LogP contribution in [0.5, 0.6) is 0 Å². The first-order chi connectivity index (χ1) is 11.4. The molecule has 0 saturated carbocycles. The van der Waals surface area contributed by atoms with Crippen molar-refractivity contribution >= 4 is 11.8 Å². The molecule has 3 heterocycles. The number of hydrogen-bond acceptors (Lipinski definition) is 4. The molecule has 1 spiro atoms. The smallest absolute Gasteiger partial charge is 0.230 e. The summed E-state index contributed by atoms with van der Waals surface area (Å²) in [5, 5.41) is 17.6. The normalized spacial score (nSPS) is 27.4. The molecule has 1 aromatic rings. The second-order valence-electron chi connectivity index (χ2n) is 7.04. The van der Waals surface area contributed by atoms with E-state index in [1.54, 1.807) is 4.90 Å². The first kappa shape index (κ1) is 17.0. The zero-order chi connectivity index (χ0) is 17.3. The van der Waals surface area contributed by atoms with Crippen molar-refractivity contribution in [2.75, 3.05) is 19.6 Å². The third-order valence-electron chi connectivity index (χ3n) is 5.31. The van der Waals surface area contributed by atoms with Crippen molar-refractivity contribution in [3.05, 3.63) is 17.5 Å². The molecule has 7 nitrogen and oxygen atoms in total. The van der Waals surface area contributed by atoms with Gasteiger partial charge in [-0.05, 0) is 39.2 Å². The summed E-state index contributed by atoms with van der Waals surface area (Å²) < 4.78 is 1.84. The number of aliphatic hydroxyl groups excluding tert-OH is 1. The largest absolute Gasteiger partial charge is 0.392 e. The van der Waals surface area contributed by atoms with E-state index in [1.165, 1.54) is 0 Å². The molecule has 2 atom stereocenters. The molecule has 24 heavy (non-hydrogen) atoms. The summed E-state index contributed by atoms with van der Waals surface area (Å²) >= 11 is 0. The number of aryl methyl sites for hydroxylation is 3. The Morgan fingerprint density at radius 2 is 2.29 bits per heavy atom. The number of aliphatic hydroxyl groups is 1. The Bertz CT molecular complexity index is 642. The zero-order valence-electron chi connectivity index (χ0n) is 14.4. The van der Waals surface area contributed by atoms with Crippen LogP contribution in [0, 0.1) is 19.3 Å². The molecule has 2 fully saturated rings. The summed E-state index contributed by atoms with van der Waals surface area (Å²) in [4.78, 5) is 26.7. The summed E-state index contributed by atoms with van der Waals surface area (Å²) in [6, 6.07) is 1.99. The van der Waals surface area contributed by atoms with E-state index in [4.69, 9.17) is 0 Å². The number of hydrogen-bond donors (Lipinski definition) is 2. The number of rotatable bonds is 3. The minimum absolute atomic E-state index is 0.0206. The summed E-state index contributed by atoms with van der Waals surface area (Å²) in [6.45, 7) is 5.92. The number of piperidine rings is 2. The molecule has 2 aliphatic heterocycles. The van der Waals surface area contributed by atoms with Gasteiger partial charge in [-0.25, -0.2) is 0 Å². The average Bonchev–Trinajstić information content (AvgIpc) is 2.88. The Morgan fingerprint density at radius 3 is 2.96 bits per heavy atom. The standard InChI is InChI=1S/C17H26N4O3/c1-12-10-13(2)21(19-12)9-5-15(23)20-8-4-14(22)17(11-20)6-3-7-18-16(17)24/h10,14,22H,3-9,11H2,1-2H3,(H,18,24)/t14-,17+/m0/s1. The fourth-order valence-corrected chi connectivity index (χ4v) is 3.92. The van der Waals surface area contributed by atoms with E-state index in [0.717, 1.165) is 17.8 Å². The lowest BCUT2D eigenvalue weighted by Crippen LogP contribution is -2.62. The minimum Gasteiger partial charge on any atom is -0.392 e. The highest BCUT2D eigenvalue weighted by atomic mass is 16.3. The van der Waals surface area contributed by atoms with Gasteiger partial charge in [0.05, 0.1) is 17.2 Å². The summed E-state index contributed by atoms with van der Waals surface area (Å²) in [5.41, 5.74) is 1.15. The van der Waals surface area contributed by atoms with Gasteiger partial charge in [0.1, 0.15) is 0 Å². The number of aromatic nitrogens is 2. The lowest BCUT2D eigenvalue weighted by atomic mass is 9.71. The zero-order valence-corrected chi connectivity index (χ0v) is 14.4. The van der Waals surface area contributed by atoms with Crippen molar-refractivity contribution in [1.29, 1.82) is 0 Å². The second-order valence-corrected chi connectivity index (χ2v) is 7.04. The lowest BCUT2D eigenvalue weighted by molar-refractivity contribution is -0.154. The molecule has 0 unspecified atom stereocenters. The number of carbonyl (C=O) groups excluding carboxylic acids is 2. The van der Waals surface area contributed by atoms with Gasteiger partial charge in [0, 0.05) is 38.3 Å². The Labute approximate surface area is 142 Å². The number of likely N-dealkylation sites (tertiary alicyclic amines) is 1. The van der Waals surface area contributed by atoms with Gasteiger partial charge in [0.25, 0.3) is 0 Å². The molecular weight excluding hydrogens is 308 g/mol. The molecule has 0 aromatic carbocycles. The van der Waals surface area contributed by atoms with Gasteiger partial charge in [-0.1, -0.05) is 0 Å². The third kappa shape index (κ3) is 3.05. The van der Waals surface area contributed by atoms with Crippen LogP contribution in [0.2, 0.25) is 0 Å². The van der Waals surface area contributed by atoms with Crippen LogP contribution in [0.1, 0.15) is 37.1 Å². The second kappa shape index (κ2) is 6.55. The molecule has 0 bridgehead atoms. The molecule has 2 saturated heterocycles. The van der Waals surface area contributed by atoms with Crippen LogP contribution in [-0.2, 0) is 16.1 Å². The first-order valence-corrected chi connectivity index (χ1v) is 8.67. The van der Waals surface area contributed by atoms with Crippen molar-refractivity contribution in [2.24, 2.45) is 5.41 Å². The van der Waals surface area contributed by atoms with Crippen LogP contribution >= 0.6 is 0 Å². The Morgan fingerprint density at radius 1 is 1.50 bits per heavy atom. The SMILES string of the molecule is Cc1cc(C)n(CCC(=O)N2CC[C@H](O)[C@@]3(CCCNC3=O)C2)n1. The molecule has 2 N–H and O–H groups in total. The minimum atomic E-state index is -0.829. The maximum absolute atomic E-state index is 12.6. The quantitative estimate of drug-likeness (QED) is 0.836. The van der Waals surface area contributed by atoms with E-state index < -0.39 is 11.5 Å². The van der Waals surface area contributed by atoms with Gasteiger partial charge < -0.3 is 15.3 Å². The highest BCUT2D eigenvalue weighted by Crippen LogP contribution is 2.37. The van der Waals surface area contributed by atoms with Crippen LogP contribution in [0.4, 0.5) is 0 Å². The molecule has 0 aliphatic carbocycles.